The van der Waals surface area contributed by atoms with Crippen LogP contribution in [0.15, 0.2) is 47.2 Å². The van der Waals surface area contributed by atoms with Crippen LogP contribution in [-0.2, 0) is 25.1 Å². The number of rotatable bonds is 6. The molecule has 1 N–H and O–H groups in total. The highest BCUT2D eigenvalue weighted by atomic mass is 35.5. The largest absolute Gasteiger partial charge is 0.513 e. The number of hydrogen-bond acceptors (Lipinski definition) is 7. The Kier molecular flexibility index (Phi) is 8.43. The summed E-state index contributed by atoms with van der Waals surface area (Å²) in [7, 11) is 0. The maximum atomic E-state index is 13.8. The second-order valence-electron chi connectivity index (χ2n) is 7.03. The summed E-state index contributed by atoms with van der Waals surface area (Å²) < 4.78 is 61.7. The van der Waals surface area contributed by atoms with Gasteiger partial charge in [0.15, 0.2) is 0 Å². The molecule has 1 atom stereocenters. The topological polar surface area (TPSA) is 83.1 Å². The van der Waals surface area contributed by atoms with Gasteiger partial charge in [0.1, 0.15) is 24.0 Å². The molecule has 1 aliphatic rings. The first-order chi connectivity index (χ1) is 15.0. The molecule has 11 heteroatoms. The number of halogens is 4. The molecule has 176 valence electrons. The van der Waals surface area contributed by atoms with E-state index in [0.29, 0.717) is 0 Å². The van der Waals surface area contributed by atoms with E-state index in [-0.39, 0.29) is 41.0 Å². The van der Waals surface area contributed by atoms with Crippen LogP contribution in [0.3, 0.4) is 0 Å². The molecule has 1 aromatic rings. The lowest BCUT2D eigenvalue weighted by molar-refractivity contribution is -0.138. The summed E-state index contributed by atoms with van der Waals surface area (Å²) in [5.74, 6) is -1.82. The molecule has 32 heavy (non-hydrogen) atoms. The molecule has 0 amide bonds. The number of carbonyl (C=O) groups is 2. The summed E-state index contributed by atoms with van der Waals surface area (Å²) in [5, 5.41) is 2.84. The monoisotopic (exact) mass is 477 g/mol. The van der Waals surface area contributed by atoms with Gasteiger partial charge in [0.05, 0.1) is 28.9 Å². The van der Waals surface area contributed by atoms with Crippen molar-refractivity contribution in [3.05, 3.63) is 58.3 Å². The molecule has 7 nitrogen and oxygen atoms in total. The fourth-order valence-corrected chi connectivity index (χ4v) is 3.14. The highest BCUT2D eigenvalue weighted by Crippen LogP contribution is 2.44. The third kappa shape index (κ3) is 6.32. The van der Waals surface area contributed by atoms with E-state index in [9.17, 15) is 22.8 Å². The van der Waals surface area contributed by atoms with Crippen LogP contribution in [-0.4, -0.2) is 30.9 Å². The number of ether oxygens (including phenoxy) is 4. The molecule has 0 radical (unpaired) electrons. The Labute approximate surface area is 188 Å². The zero-order valence-corrected chi connectivity index (χ0v) is 18.6. The Morgan fingerprint density at radius 2 is 1.62 bits per heavy atom. The number of benzene rings is 1. The van der Waals surface area contributed by atoms with Gasteiger partial charge in [-0.3, -0.25) is 0 Å². The summed E-state index contributed by atoms with van der Waals surface area (Å²) in [4.78, 5) is 24.3. The number of carbonyl (C=O) groups excluding carboxylic acids is 2. The lowest BCUT2D eigenvalue weighted by atomic mass is 9.87. The highest BCUT2D eigenvalue weighted by molar-refractivity contribution is 6.18. The van der Waals surface area contributed by atoms with Crippen molar-refractivity contribution < 1.29 is 41.7 Å². The maximum absolute atomic E-state index is 13.8. The average molecular weight is 478 g/mol. The third-order valence-electron chi connectivity index (χ3n) is 4.23. The van der Waals surface area contributed by atoms with Crippen molar-refractivity contribution in [2.75, 3.05) is 12.5 Å². The lowest BCUT2D eigenvalue weighted by Crippen LogP contribution is -2.30. The Morgan fingerprint density at radius 1 is 1.06 bits per heavy atom. The van der Waals surface area contributed by atoms with E-state index in [2.05, 4.69) is 5.32 Å². The number of hydrogen-bond donors (Lipinski definition) is 1. The van der Waals surface area contributed by atoms with Gasteiger partial charge in [-0.2, -0.15) is 13.2 Å². The van der Waals surface area contributed by atoms with Gasteiger partial charge in [0, 0.05) is 0 Å². The molecule has 0 aliphatic carbocycles. The van der Waals surface area contributed by atoms with Crippen molar-refractivity contribution in [1.29, 1.82) is 0 Å². The van der Waals surface area contributed by atoms with Crippen LogP contribution in [0.5, 0.6) is 0 Å². The van der Waals surface area contributed by atoms with Crippen molar-refractivity contribution in [2.24, 2.45) is 0 Å². The number of alkyl halides is 4. The van der Waals surface area contributed by atoms with Crippen LogP contribution >= 0.6 is 11.6 Å². The normalized spacial score (nSPS) is 16.6. The van der Waals surface area contributed by atoms with E-state index >= 15 is 0 Å². The predicted octanol–water partition coefficient (Wildman–Crippen LogP) is 5.81. The van der Waals surface area contributed by atoms with E-state index in [1.54, 1.807) is 13.8 Å². The van der Waals surface area contributed by atoms with Gasteiger partial charge in [-0.15, -0.1) is 11.6 Å². The quantitative estimate of drug-likeness (QED) is 0.409. The van der Waals surface area contributed by atoms with E-state index in [0.717, 1.165) is 6.07 Å². The predicted molar refractivity (Wildman–Crippen MR) is 109 cm³/mol. The zero-order chi connectivity index (χ0) is 24.1. The molecule has 0 spiro atoms. The summed E-state index contributed by atoms with van der Waals surface area (Å²) in [6, 6.07) is 4.72. The van der Waals surface area contributed by atoms with Gasteiger partial charge >= 0.3 is 18.5 Å². The Hall–Kier alpha value is -2.88. The second kappa shape index (κ2) is 10.6. The molecule has 1 aliphatic heterocycles. The molecule has 0 saturated heterocycles. The lowest BCUT2D eigenvalue weighted by Gasteiger charge is -2.31. The van der Waals surface area contributed by atoms with E-state index in [1.165, 1.54) is 32.0 Å². The smallest absolute Gasteiger partial charge is 0.433 e. The molecular weight excluding hydrogens is 455 g/mol. The highest BCUT2D eigenvalue weighted by Gasteiger charge is 2.42. The summed E-state index contributed by atoms with van der Waals surface area (Å²) in [6.45, 7) is 6.02. The molecule has 0 fully saturated rings. The van der Waals surface area contributed by atoms with Gasteiger partial charge in [0.2, 0.25) is 0 Å². The van der Waals surface area contributed by atoms with Crippen molar-refractivity contribution in [1.82, 2.24) is 5.32 Å². The van der Waals surface area contributed by atoms with Gasteiger partial charge in [0.25, 0.3) is 0 Å². The van der Waals surface area contributed by atoms with Crippen LogP contribution in [0.25, 0.3) is 0 Å². The van der Waals surface area contributed by atoms with Crippen LogP contribution < -0.4 is 5.32 Å². The number of allylic oxidation sites excluding steroid dienone is 2. The minimum absolute atomic E-state index is 0.000129. The van der Waals surface area contributed by atoms with E-state index in [1.807, 2.05) is 0 Å². The van der Waals surface area contributed by atoms with Gasteiger partial charge in [-0.25, -0.2) is 9.59 Å². The van der Waals surface area contributed by atoms with E-state index in [4.69, 9.17) is 30.5 Å². The fourth-order valence-electron chi connectivity index (χ4n) is 3.06. The van der Waals surface area contributed by atoms with Gasteiger partial charge in [-0.05, 0) is 39.3 Å². The summed E-state index contributed by atoms with van der Waals surface area (Å²) in [6.07, 6.45) is -7.54. The van der Waals surface area contributed by atoms with Gasteiger partial charge in [-0.1, -0.05) is 18.2 Å². The van der Waals surface area contributed by atoms with Crippen LogP contribution in [0.4, 0.5) is 22.8 Å². The van der Waals surface area contributed by atoms with Gasteiger partial charge < -0.3 is 24.3 Å². The molecule has 1 aromatic carbocycles. The molecule has 0 bridgehead atoms. The van der Waals surface area contributed by atoms with Crippen LogP contribution in [0.2, 0.25) is 0 Å². The van der Waals surface area contributed by atoms with E-state index < -0.39 is 36.1 Å². The second-order valence-corrected chi connectivity index (χ2v) is 7.41. The Morgan fingerprint density at radius 3 is 2.16 bits per heavy atom. The standard InChI is InChI=1S/C21H23ClF3NO6/c1-11(2)30-20(28)32-18-13(4)26-12(3)17(31-19(27)29-10-9-22)16(18)14-7-5-6-8-15(14)21(23,24)25/h5-8,11,16,26H,9-10H2,1-4H3. The minimum Gasteiger partial charge on any atom is -0.433 e. The Bertz CT molecular complexity index is 926. The minimum atomic E-state index is -4.73. The van der Waals surface area contributed by atoms with Crippen molar-refractivity contribution in [2.45, 2.75) is 45.9 Å². The third-order valence-corrected chi connectivity index (χ3v) is 4.39. The summed E-state index contributed by atoms with van der Waals surface area (Å²) in [5.41, 5.74) is -0.794. The van der Waals surface area contributed by atoms with Crippen LogP contribution in [0, 0.1) is 0 Å². The first-order valence-electron chi connectivity index (χ1n) is 9.59. The average Bonchev–Trinajstić information content (AvgIpc) is 2.69. The van der Waals surface area contributed by atoms with Crippen molar-refractivity contribution in [3.8, 4) is 0 Å². The maximum Gasteiger partial charge on any atom is 0.513 e. The first kappa shape index (κ1) is 25.4. The molecule has 0 saturated carbocycles. The Balaban J connectivity index is 2.60. The van der Waals surface area contributed by atoms with Crippen molar-refractivity contribution >= 4 is 23.9 Å². The van der Waals surface area contributed by atoms with Crippen molar-refractivity contribution in [3.63, 3.8) is 0 Å². The zero-order valence-electron chi connectivity index (χ0n) is 17.8. The fraction of sp³-hybridized carbons (Fsp3) is 0.429. The molecule has 1 unspecified atom stereocenters. The summed E-state index contributed by atoms with van der Waals surface area (Å²) >= 11 is 5.49. The molecule has 0 aromatic heterocycles. The molecule has 1 heterocycles. The molecule has 2 rings (SSSR count). The number of nitrogens with one attached hydrogen (secondary N) is 1. The first-order valence-corrected chi connectivity index (χ1v) is 10.1. The number of dihydropyridines is 1. The molecular formula is C21H23ClF3NO6. The van der Waals surface area contributed by atoms with Crippen LogP contribution in [0.1, 0.15) is 44.7 Å². The SMILES string of the molecule is CC1=C(OC(=O)OCCCl)C(c2ccccc2C(F)(F)F)C(OC(=O)OC(C)C)=C(C)N1.